The summed E-state index contributed by atoms with van der Waals surface area (Å²) in [6.45, 7) is 14.8. The van der Waals surface area contributed by atoms with Gasteiger partial charge >= 0.3 is 0 Å². The zero-order chi connectivity index (χ0) is 32.9. The van der Waals surface area contributed by atoms with Crippen molar-refractivity contribution in [3.8, 4) is 28.9 Å². The second-order valence-corrected chi connectivity index (χ2v) is 13.1. The SMILES string of the molecule is C=C/C(C)=C(/B(C1=C(C)C=CCC#C1)c1ccc(-c2nc3c4cccc5c4c4c(cccc4c3n2-c2ccccc2)CC5)cc1)C(=C)C. The molecule has 1 heterocycles. The molecule has 0 spiro atoms. The van der Waals surface area contributed by atoms with Crippen molar-refractivity contribution in [3.63, 3.8) is 0 Å². The minimum absolute atomic E-state index is 0.0518. The number of rotatable bonds is 7. The molecular formula is C45H37BN2. The van der Waals surface area contributed by atoms with Crippen LogP contribution in [0.4, 0.5) is 0 Å². The van der Waals surface area contributed by atoms with Gasteiger partial charge in [0.1, 0.15) is 5.82 Å². The lowest BCUT2D eigenvalue weighted by Gasteiger charge is -2.22. The normalized spacial score (nSPS) is 14.2. The van der Waals surface area contributed by atoms with Crippen LogP contribution >= 0.6 is 0 Å². The molecule has 0 bridgehead atoms. The van der Waals surface area contributed by atoms with E-state index >= 15 is 0 Å². The maximum absolute atomic E-state index is 5.51. The Labute approximate surface area is 283 Å². The van der Waals surface area contributed by atoms with Crippen molar-refractivity contribution in [2.75, 3.05) is 0 Å². The highest BCUT2D eigenvalue weighted by molar-refractivity contribution is 6.87. The molecule has 8 rings (SSSR count). The quantitative estimate of drug-likeness (QED) is 0.0756. The lowest BCUT2D eigenvalue weighted by Crippen LogP contribution is -2.36. The number of para-hydroxylation sites is 1. The van der Waals surface area contributed by atoms with Gasteiger partial charge in [-0.25, -0.2) is 4.98 Å². The van der Waals surface area contributed by atoms with Crippen LogP contribution in [-0.2, 0) is 12.8 Å². The van der Waals surface area contributed by atoms with E-state index in [0.29, 0.717) is 0 Å². The Kier molecular flexibility index (Phi) is 7.38. The summed E-state index contributed by atoms with van der Waals surface area (Å²) in [5.74, 6) is 7.83. The molecule has 0 saturated heterocycles. The Hall–Kier alpha value is -5.59. The largest absolute Gasteiger partial charge is 0.292 e. The summed E-state index contributed by atoms with van der Waals surface area (Å²) in [5.41, 5.74) is 14.0. The van der Waals surface area contributed by atoms with Crippen molar-refractivity contribution in [2.24, 2.45) is 0 Å². The van der Waals surface area contributed by atoms with Gasteiger partial charge in [0.05, 0.1) is 11.0 Å². The number of fused-ring (bicyclic) bond motifs is 3. The topological polar surface area (TPSA) is 17.8 Å². The molecule has 0 saturated carbocycles. The highest BCUT2D eigenvalue weighted by Crippen LogP contribution is 2.43. The van der Waals surface area contributed by atoms with E-state index in [1.165, 1.54) is 49.2 Å². The minimum atomic E-state index is -0.0518. The first-order valence-corrected chi connectivity index (χ1v) is 16.8. The average molecular weight is 617 g/mol. The molecule has 2 aliphatic rings. The first-order valence-electron chi connectivity index (χ1n) is 16.8. The molecule has 0 N–H and O–H groups in total. The molecule has 0 fully saturated rings. The summed E-state index contributed by atoms with van der Waals surface area (Å²) in [6, 6.07) is 33.2. The molecular weight excluding hydrogens is 579 g/mol. The van der Waals surface area contributed by atoms with E-state index in [9.17, 15) is 0 Å². The number of aryl methyl sites for hydroxylation is 2. The van der Waals surface area contributed by atoms with Gasteiger partial charge in [-0.1, -0.05) is 144 Å². The van der Waals surface area contributed by atoms with Crippen LogP contribution in [0.1, 0.15) is 38.3 Å². The van der Waals surface area contributed by atoms with Gasteiger partial charge in [-0.05, 0) is 78.7 Å². The summed E-state index contributed by atoms with van der Waals surface area (Å²) < 4.78 is 2.37. The van der Waals surface area contributed by atoms with Crippen molar-refractivity contribution in [1.82, 2.24) is 9.55 Å². The fourth-order valence-corrected chi connectivity index (χ4v) is 7.90. The van der Waals surface area contributed by atoms with Gasteiger partial charge in [0.15, 0.2) is 0 Å². The molecule has 0 amide bonds. The Morgan fingerprint density at radius 2 is 1.54 bits per heavy atom. The molecule has 0 radical (unpaired) electrons. The third-order valence-electron chi connectivity index (χ3n) is 10.1. The van der Waals surface area contributed by atoms with Gasteiger partial charge in [-0.2, -0.15) is 0 Å². The number of hydrogen-bond donors (Lipinski definition) is 0. The molecule has 2 aliphatic carbocycles. The summed E-state index contributed by atoms with van der Waals surface area (Å²) in [5, 5.41) is 5.24. The number of allylic oxidation sites excluding steroid dienone is 8. The number of hydrogen-bond acceptors (Lipinski definition) is 1. The molecule has 230 valence electrons. The van der Waals surface area contributed by atoms with Gasteiger partial charge in [0.25, 0.3) is 6.71 Å². The average Bonchev–Trinajstić information content (AvgIpc) is 3.40. The molecule has 1 aromatic heterocycles. The van der Waals surface area contributed by atoms with Crippen LogP contribution < -0.4 is 5.46 Å². The molecule has 5 aromatic carbocycles. The van der Waals surface area contributed by atoms with Crippen molar-refractivity contribution in [3.05, 3.63) is 161 Å². The first-order chi connectivity index (χ1) is 23.5. The zero-order valence-electron chi connectivity index (χ0n) is 27.9. The van der Waals surface area contributed by atoms with E-state index in [-0.39, 0.29) is 6.71 Å². The smallest absolute Gasteiger partial charge is 0.252 e. The van der Waals surface area contributed by atoms with Crippen molar-refractivity contribution < 1.29 is 0 Å². The van der Waals surface area contributed by atoms with Gasteiger partial charge < -0.3 is 0 Å². The third-order valence-corrected chi connectivity index (χ3v) is 10.1. The summed E-state index contributed by atoms with van der Waals surface area (Å²) in [7, 11) is 0. The predicted molar refractivity (Wildman–Crippen MR) is 206 cm³/mol. The number of nitrogens with zero attached hydrogens (tertiary/aromatic N) is 2. The lowest BCUT2D eigenvalue weighted by atomic mass is 9.33. The Balaban J connectivity index is 1.40. The highest BCUT2D eigenvalue weighted by Gasteiger charge is 2.29. The maximum atomic E-state index is 5.51. The van der Waals surface area contributed by atoms with Crippen molar-refractivity contribution >= 4 is 44.8 Å². The number of aromatic nitrogens is 2. The standard InChI is InChI=1S/C45H37BN2/c1-6-30(4)42(29(2)3)46(39-22-12-7-9-15-31(39)5)35-27-25-34(26-28-35)45-47-43-37-20-13-16-32-23-24-33-17-14-21-38(41(33)40(32)37)44(43)48(45)36-18-10-8-11-19-36/h6,8-11,13-21,25-28H,1-2,7,23-24H2,3-5H3/b42-30+. The van der Waals surface area contributed by atoms with E-state index in [1.807, 2.05) is 6.08 Å². The highest BCUT2D eigenvalue weighted by atomic mass is 15.1. The van der Waals surface area contributed by atoms with Crippen LogP contribution in [0, 0.1) is 11.8 Å². The molecule has 3 heteroatoms. The van der Waals surface area contributed by atoms with Gasteiger partial charge in [0.2, 0.25) is 0 Å². The summed E-state index contributed by atoms with van der Waals surface area (Å²) in [6.07, 6.45) is 9.15. The molecule has 6 aromatic rings. The Morgan fingerprint density at radius 1 is 0.854 bits per heavy atom. The molecule has 2 nitrogen and oxygen atoms in total. The fraction of sp³-hybridized carbons (Fsp3) is 0.133. The molecule has 0 aliphatic heterocycles. The predicted octanol–water partition coefficient (Wildman–Crippen LogP) is 10.2. The van der Waals surface area contributed by atoms with E-state index in [1.54, 1.807) is 0 Å². The van der Waals surface area contributed by atoms with Crippen LogP contribution in [0.2, 0.25) is 0 Å². The lowest BCUT2D eigenvalue weighted by molar-refractivity contribution is 0.968. The van der Waals surface area contributed by atoms with E-state index in [4.69, 9.17) is 4.98 Å². The number of imidazole rings is 1. The van der Waals surface area contributed by atoms with Crippen LogP contribution in [-0.4, -0.2) is 16.3 Å². The van der Waals surface area contributed by atoms with Gasteiger partial charge in [-0.3, -0.25) is 4.57 Å². The van der Waals surface area contributed by atoms with E-state index in [0.717, 1.165) is 64.0 Å². The second kappa shape index (κ2) is 11.9. The number of benzene rings is 5. The zero-order valence-corrected chi connectivity index (χ0v) is 27.9. The Morgan fingerprint density at radius 3 is 2.23 bits per heavy atom. The Bertz CT molecular complexity index is 2470. The third kappa shape index (κ3) is 4.71. The first kappa shape index (κ1) is 29.8. The van der Waals surface area contributed by atoms with Crippen LogP contribution in [0.5, 0.6) is 0 Å². The molecule has 0 unspecified atom stereocenters. The minimum Gasteiger partial charge on any atom is -0.292 e. The van der Waals surface area contributed by atoms with E-state index in [2.05, 4.69) is 153 Å². The summed E-state index contributed by atoms with van der Waals surface area (Å²) in [4.78, 5) is 5.51. The molecule has 48 heavy (non-hydrogen) atoms. The van der Waals surface area contributed by atoms with Crippen LogP contribution in [0.25, 0.3) is 49.7 Å². The summed E-state index contributed by atoms with van der Waals surface area (Å²) >= 11 is 0. The van der Waals surface area contributed by atoms with Crippen molar-refractivity contribution in [2.45, 2.75) is 40.0 Å². The van der Waals surface area contributed by atoms with Crippen LogP contribution in [0.15, 0.2) is 150 Å². The second-order valence-electron chi connectivity index (χ2n) is 13.1. The van der Waals surface area contributed by atoms with Crippen LogP contribution in [0.3, 0.4) is 0 Å². The van der Waals surface area contributed by atoms with Gasteiger partial charge in [-0.15, -0.1) is 0 Å². The van der Waals surface area contributed by atoms with Crippen molar-refractivity contribution in [1.29, 1.82) is 0 Å². The van der Waals surface area contributed by atoms with E-state index < -0.39 is 0 Å². The fourth-order valence-electron chi connectivity index (χ4n) is 7.90. The maximum Gasteiger partial charge on any atom is 0.252 e. The monoisotopic (exact) mass is 616 g/mol. The molecule has 0 atom stereocenters. The van der Waals surface area contributed by atoms with Gasteiger partial charge in [0, 0.05) is 28.4 Å².